The Morgan fingerprint density at radius 2 is 2.33 bits per heavy atom. The minimum Gasteiger partial charge on any atom is -0.352 e. The Labute approximate surface area is 92.7 Å². The van der Waals surface area contributed by atoms with Gasteiger partial charge in [0.2, 0.25) is 0 Å². The number of amides is 1. The van der Waals surface area contributed by atoms with Crippen molar-refractivity contribution in [2.75, 3.05) is 6.54 Å². The van der Waals surface area contributed by atoms with Crippen molar-refractivity contribution in [3.05, 3.63) is 47.3 Å². The Hall–Kier alpha value is -1.35. The quantitative estimate of drug-likeness (QED) is 0.622. The molecule has 15 heavy (non-hydrogen) atoms. The standard InChI is InChI=1S/C11H11ClFNO/c1-2-3-6-14-11(15)9-7-8(12)4-5-10(9)13/h2,4-5,7H,1,3,6H2,(H,14,15). The molecule has 0 unspecified atom stereocenters. The third-order valence-electron chi connectivity index (χ3n) is 1.81. The van der Waals surface area contributed by atoms with Gasteiger partial charge in [0.1, 0.15) is 5.82 Å². The number of halogens is 2. The molecule has 0 spiro atoms. The molecule has 0 heterocycles. The molecule has 0 aliphatic heterocycles. The zero-order valence-corrected chi connectivity index (χ0v) is 8.85. The monoisotopic (exact) mass is 227 g/mol. The van der Waals surface area contributed by atoms with Crippen molar-refractivity contribution in [2.24, 2.45) is 0 Å². The molecule has 0 aliphatic rings. The van der Waals surface area contributed by atoms with Crippen LogP contribution in [-0.2, 0) is 0 Å². The first-order valence-corrected chi connectivity index (χ1v) is 4.87. The van der Waals surface area contributed by atoms with E-state index in [0.717, 1.165) is 0 Å². The van der Waals surface area contributed by atoms with Gasteiger partial charge < -0.3 is 5.32 Å². The molecule has 0 aromatic heterocycles. The summed E-state index contributed by atoms with van der Waals surface area (Å²) in [6, 6.07) is 3.88. The maximum atomic E-state index is 13.2. The van der Waals surface area contributed by atoms with Gasteiger partial charge in [-0.25, -0.2) is 4.39 Å². The molecule has 80 valence electrons. The molecule has 0 saturated carbocycles. The summed E-state index contributed by atoms with van der Waals surface area (Å²) in [7, 11) is 0. The molecular weight excluding hydrogens is 217 g/mol. The average molecular weight is 228 g/mol. The molecule has 0 atom stereocenters. The summed E-state index contributed by atoms with van der Waals surface area (Å²) in [4.78, 5) is 11.4. The minimum absolute atomic E-state index is 0.0356. The molecule has 1 amide bonds. The van der Waals surface area contributed by atoms with E-state index in [2.05, 4.69) is 11.9 Å². The first-order chi connectivity index (χ1) is 7.15. The van der Waals surface area contributed by atoms with E-state index in [9.17, 15) is 9.18 Å². The first-order valence-electron chi connectivity index (χ1n) is 4.49. The van der Waals surface area contributed by atoms with Crippen LogP contribution in [0.5, 0.6) is 0 Å². The van der Waals surface area contributed by atoms with Crippen LogP contribution >= 0.6 is 11.6 Å². The van der Waals surface area contributed by atoms with Gasteiger partial charge in [-0.3, -0.25) is 4.79 Å². The lowest BCUT2D eigenvalue weighted by atomic mass is 10.2. The lowest BCUT2D eigenvalue weighted by Gasteiger charge is -2.04. The highest BCUT2D eigenvalue weighted by molar-refractivity contribution is 6.30. The highest BCUT2D eigenvalue weighted by atomic mass is 35.5. The number of carbonyl (C=O) groups excluding carboxylic acids is 1. The third-order valence-corrected chi connectivity index (χ3v) is 2.04. The van der Waals surface area contributed by atoms with Crippen LogP contribution in [0.3, 0.4) is 0 Å². The summed E-state index contributed by atoms with van der Waals surface area (Å²) in [5.74, 6) is -1.03. The smallest absolute Gasteiger partial charge is 0.254 e. The normalized spacial score (nSPS) is 9.73. The number of hydrogen-bond acceptors (Lipinski definition) is 1. The van der Waals surface area contributed by atoms with E-state index in [4.69, 9.17) is 11.6 Å². The molecule has 1 aromatic carbocycles. The van der Waals surface area contributed by atoms with Crippen LogP contribution < -0.4 is 5.32 Å². The van der Waals surface area contributed by atoms with Gasteiger partial charge >= 0.3 is 0 Å². The summed E-state index contributed by atoms with van der Waals surface area (Å²) in [6.45, 7) is 3.95. The van der Waals surface area contributed by atoms with Gasteiger partial charge in [0, 0.05) is 11.6 Å². The topological polar surface area (TPSA) is 29.1 Å². The van der Waals surface area contributed by atoms with Gasteiger partial charge in [-0.1, -0.05) is 17.7 Å². The van der Waals surface area contributed by atoms with Crippen molar-refractivity contribution < 1.29 is 9.18 Å². The van der Waals surface area contributed by atoms with Gasteiger partial charge in [-0.05, 0) is 24.6 Å². The van der Waals surface area contributed by atoms with Crippen LogP contribution in [0.1, 0.15) is 16.8 Å². The number of benzene rings is 1. The Morgan fingerprint density at radius 1 is 1.60 bits per heavy atom. The van der Waals surface area contributed by atoms with Crippen molar-refractivity contribution in [3.8, 4) is 0 Å². The first kappa shape index (κ1) is 11.7. The molecule has 1 N–H and O–H groups in total. The van der Waals surface area contributed by atoms with E-state index in [1.807, 2.05) is 0 Å². The molecule has 0 bridgehead atoms. The summed E-state index contributed by atoms with van der Waals surface area (Å²) >= 11 is 5.66. The maximum absolute atomic E-state index is 13.2. The van der Waals surface area contributed by atoms with E-state index in [-0.39, 0.29) is 5.56 Å². The van der Waals surface area contributed by atoms with Crippen molar-refractivity contribution >= 4 is 17.5 Å². The Kier molecular flexibility index (Phi) is 4.31. The van der Waals surface area contributed by atoms with Crippen LogP contribution in [0.15, 0.2) is 30.9 Å². The zero-order valence-electron chi connectivity index (χ0n) is 8.09. The second-order valence-corrected chi connectivity index (χ2v) is 3.39. The number of hydrogen-bond donors (Lipinski definition) is 1. The maximum Gasteiger partial charge on any atom is 0.254 e. The lowest BCUT2D eigenvalue weighted by Crippen LogP contribution is -2.25. The van der Waals surface area contributed by atoms with Crippen LogP contribution in [0, 0.1) is 5.82 Å². The van der Waals surface area contributed by atoms with Crippen molar-refractivity contribution in [1.29, 1.82) is 0 Å². The predicted molar refractivity (Wildman–Crippen MR) is 58.6 cm³/mol. The molecule has 0 aliphatic carbocycles. The van der Waals surface area contributed by atoms with Crippen molar-refractivity contribution in [3.63, 3.8) is 0 Å². The highest BCUT2D eigenvalue weighted by Crippen LogP contribution is 2.14. The third kappa shape index (κ3) is 3.36. The van der Waals surface area contributed by atoms with Crippen LogP contribution in [-0.4, -0.2) is 12.5 Å². The second-order valence-electron chi connectivity index (χ2n) is 2.96. The van der Waals surface area contributed by atoms with E-state index >= 15 is 0 Å². The minimum atomic E-state index is -0.574. The van der Waals surface area contributed by atoms with Crippen LogP contribution in [0.25, 0.3) is 0 Å². The van der Waals surface area contributed by atoms with Gasteiger partial charge in [0.15, 0.2) is 0 Å². The summed E-state index contributed by atoms with van der Waals surface area (Å²) in [6.07, 6.45) is 2.32. The molecule has 1 rings (SSSR count). The second kappa shape index (κ2) is 5.51. The molecule has 0 saturated heterocycles. The number of rotatable bonds is 4. The molecule has 2 nitrogen and oxygen atoms in total. The SMILES string of the molecule is C=CCCNC(=O)c1cc(Cl)ccc1F. The van der Waals surface area contributed by atoms with Gasteiger partial charge in [-0.15, -0.1) is 6.58 Å². The largest absolute Gasteiger partial charge is 0.352 e. The Morgan fingerprint density at radius 3 is 3.00 bits per heavy atom. The number of nitrogens with one attached hydrogen (secondary N) is 1. The van der Waals surface area contributed by atoms with E-state index in [1.54, 1.807) is 6.08 Å². The fourth-order valence-electron chi connectivity index (χ4n) is 1.05. The van der Waals surface area contributed by atoms with Gasteiger partial charge in [0.25, 0.3) is 5.91 Å². The summed E-state index contributed by atoms with van der Waals surface area (Å²) in [5.41, 5.74) is -0.0356. The van der Waals surface area contributed by atoms with Crippen molar-refractivity contribution in [1.82, 2.24) is 5.32 Å². The molecule has 4 heteroatoms. The molecule has 0 radical (unpaired) electrons. The van der Waals surface area contributed by atoms with Crippen molar-refractivity contribution in [2.45, 2.75) is 6.42 Å². The van der Waals surface area contributed by atoms with E-state index < -0.39 is 11.7 Å². The van der Waals surface area contributed by atoms with Gasteiger partial charge in [0.05, 0.1) is 5.56 Å². The van der Waals surface area contributed by atoms with E-state index in [1.165, 1.54) is 18.2 Å². The fraction of sp³-hybridized carbons (Fsp3) is 0.182. The summed E-state index contributed by atoms with van der Waals surface area (Å²) < 4.78 is 13.2. The van der Waals surface area contributed by atoms with Crippen LogP contribution in [0.4, 0.5) is 4.39 Å². The van der Waals surface area contributed by atoms with Gasteiger partial charge in [-0.2, -0.15) is 0 Å². The number of carbonyl (C=O) groups is 1. The zero-order chi connectivity index (χ0) is 11.3. The lowest BCUT2D eigenvalue weighted by molar-refractivity contribution is 0.0950. The molecule has 1 aromatic rings. The predicted octanol–water partition coefficient (Wildman–Crippen LogP) is 2.79. The average Bonchev–Trinajstić information content (AvgIpc) is 2.22. The Balaban J connectivity index is 2.72. The van der Waals surface area contributed by atoms with Crippen LogP contribution in [0.2, 0.25) is 5.02 Å². The summed E-state index contributed by atoms with van der Waals surface area (Å²) in [5, 5.41) is 2.90. The Bertz CT molecular complexity index is 379. The molecular formula is C11H11ClFNO. The fourth-order valence-corrected chi connectivity index (χ4v) is 1.23. The molecule has 0 fully saturated rings. The van der Waals surface area contributed by atoms with E-state index in [0.29, 0.717) is 18.0 Å². The highest BCUT2D eigenvalue weighted by Gasteiger charge is 2.10.